The van der Waals surface area contributed by atoms with Gasteiger partial charge in [-0.05, 0) is 36.4 Å². The van der Waals surface area contributed by atoms with Gasteiger partial charge in [-0.2, -0.15) is 0 Å². The molecule has 0 unspecified atom stereocenters. The normalized spacial score (nSPS) is 17.3. The number of thiazole rings is 1. The van der Waals surface area contributed by atoms with Crippen LogP contribution in [-0.4, -0.2) is 62.2 Å². The number of piperazine rings is 1. The lowest BCUT2D eigenvalue weighted by atomic mass is 9.99. The first-order valence-electron chi connectivity index (χ1n) is 10.1. The van der Waals surface area contributed by atoms with Crippen LogP contribution in [0.2, 0.25) is 0 Å². The molecule has 3 aromatic rings. The second kappa shape index (κ2) is 7.75. The molecule has 0 aliphatic carbocycles. The predicted octanol–water partition coefficient (Wildman–Crippen LogP) is 3.23. The van der Waals surface area contributed by atoms with Crippen molar-refractivity contribution in [3.63, 3.8) is 0 Å². The fraction of sp³-hybridized carbons (Fsp3) is 0.364. The number of aromatic nitrogens is 1. The van der Waals surface area contributed by atoms with Gasteiger partial charge in [0.25, 0.3) is 0 Å². The molecule has 2 saturated heterocycles. The van der Waals surface area contributed by atoms with E-state index in [1.807, 2.05) is 23.1 Å². The van der Waals surface area contributed by atoms with Crippen LogP contribution in [0.5, 0.6) is 5.75 Å². The van der Waals surface area contributed by atoms with Gasteiger partial charge in [-0.15, -0.1) is 0 Å². The van der Waals surface area contributed by atoms with Gasteiger partial charge in [0.05, 0.1) is 17.7 Å². The fourth-order valence-electron chi connectivity index (χ4n) is 4.10. The molecule has 1 aromatic heterocycles. The number of carbonyl (C=O) groups is 1. The Morgan fingerprint density at radius 2 is 1.80 bits per heavy atom. The molecule has 6 nitrogen and oxygen atoms in total. The molecule has 2 fully saturated rings. The van der Waals surface area contributed by atoms with E-state index in [4.69, 9.17) is 9.72 Å². The summed E-state index contributed by atoms with van der Waals surface area (Å²) in [6.45, 7) is 4.35. The number of hydrogen-bond donors (Lipinski definition) is 0. The molecule has 2 aliphatic rings. The molecule has 0 spiro atoms. The Morgan fingerprint density at radius 1 is 1.07 bits per heavy atom. The number of carbonyl (C=O) groups excluding carboxylic acids is 1. The highest BCUT2D eigenvalue weighted by atomic mass is 32.1. The Hall–Kier alpha value is -2.87. The van der Waals surface area contributed by atoms with Crippen LogP contribution < -0.4 is 14.5 Å². The lowest BCUT2D eigenvalue weighted by Crippen LogP contribution is -2.58. The molecule has 30 heavy (non-hydrogen) atoms. The van der Waals surface area contributed by atoms with E-state index in [0.29, 0.717) is 26.2 Å². The van der Waals surface area contributed by atoms with E-state index in [-0.39, 0.29) is 17.6 Å². The topological polar surface area (TPSA) is 48.9 Å². The number of ether oxygens (including phenoxy) is 1. The number of halogens is 1. The second-order valence-electron chi connectivity index (χ2n) is 7.69. The molecule has 8 heteroatoms. The van der Waals surface area contributed by atoms with Gasteiger partial charge in [-0.25, -0.2) is 9.37 Å². The van der Waals surface area contributed by atoms with E-state index in [9.17, 15) is 9.18 Å². The summed E-state index contributed by atoms with van der Waals surface area (Å²) in [5.41, 5.74) is 1.89. The van der Waals surface area contributed by atoms with E-state index in [1.54, 1.807) is 30.6 Å². The zero-order valence-electron chi connectivity index (χ0n) is 16.8. The Kier molecular flexibility index (Phi) is 4.94. The van der Waals surface area contributed by atoms with Crippen molar-refractivity contribution in [3.8, 4) is 5.75 Å². The van der Waals surface area contributed by atoms with E-state index in [2.05, 4.69) is 9.80 Å². The molecule has 1 amide bonds. The second-order valence-corrected chi connectivity index (χ2v) is 8.70. The minimum absolute atomic E-state index is 0.0243. The van der Waals surface area contributed by atoms with Crippen molar-refractivity contribution >= 4 is 38.3 Å². The number of nitrogens with zero attached hydrogens (tertiary/aromatic N) is 4. The molecule has 5 rings (SSSR count). The first-order chi connectivity index (χ1) is 14.6. The molecule has 156 valence electrons. The van der Waals surface area contributed by atoms with Crippen LogP contribution in [0.15, 0.2) is 42.5 Å². The van der Waals surface area contributed by atoms with Crippen LogP contribution >= 0.6 is 11.3 Å². The maximum absolute atomic E-state index is 13.1. The molecule has 0 N–H and O–H groups in total. The van der Waals surface area contributed by atoms with Crippen molar-refractivity contribution in [2.75, 3.05) is 56.2 Å². The summed E-state index contributed by atoms with van der Waals surface area (Å²) in [7, 11) is 1.65. The number of rotatable bonds is 4. The summed E-state index contributed by atoms with van der Waals surface area (Å²) in [5, 5.41) is 0.944. The Bertz CT molecular complexity index is 1060. The van der Waals surface area contributed by atoms with E-state index < -0.39 is 0 Å². The SMILES string of the molecule is COc1cccc2sc(N3CC(C(=O)N4CCN(c5ccc(F)cc5)CC4)C3)nc12. The highest BCUT2D eigenvalue weighted by Crippen LogP contribution is 2.37. The number of anilines is 2. The third-order valence-electron chi connectivity index (χ3n) is 5.88. The Balaban J connectivity index is 1.17. The minimum atomic E-state index is -0.228. The van der Waals surface area contributed by atoms with Gasteiger partial charge in [0.1, 0.15) is 17.1 Å². The molecule has 0 saturated carbocycles. The maximum Gasteiger partial charge on any atom is 0.229 e. The summed E-state index contributed by atoms with van der Waals surface area (Å²) in [5.74, 6) is 0.802. The molecule has 0 atom stereocenters. The molecular weight excluding hydrogens is 403 g/mol. The van der Waals surface area contributed by atoms with E-state index >= 15 is 0 Å². The predicted molar refractivity (Wildman–Crippen MR) is 117 cm³/mol. The zero-order chi connectivity index (χ0) is 20.7. The van der Waals surface area contributed by atoms with Gasteiger partial charge in [0, 0.05) is 45.0 Å². The number of fused-ring (bicyclic) bond motifs is 1. The van der Waals surface area contributed by atoms with E-state index in [0.717, 1.165) is 39.9 Å². The number of benzene rings is 2. The molecule has 0 bridgehead atoms. The van der Waals surface area contributed by atoms with Gasteiger partial charge in [-0.1, -0.05) is 17.4 Å². The molecule has 2 aromatic carbocycles. The van der Waals surface area contributed by atoms with Crippen molar-refractivity contribution in [2.24, 2.45) is 5.92 Å². The van der Waals surface area contributed by atoms with Crippen molar-refractivity contribution in [2.45, 2.75) is 0 Å². The van der Waals surface area contributed by atoms with Crippen LogP contribution in [0.4, 0.5) is 15.2 Å². The standard InChI is InChI=1S/C22H23FN4O2S/c1-29-18-3-2-4-19-20(18)24-22(30-19)27-13-15(14-27)21(28)26-11-9-25(10-12-26)17-7-5-16(23)6-8-17/h2-8,15H,9-14H2,1H3. The van der Waals surface area contributed by atoms with Crippen LogP contribution in [0.1, 0.15) is 0 Å². The van der Waals surface area contributed by atoms with Gasteiger partial charge in [0.15, 0.2) is 5.13 Å². The summed E-state index contributed by atoms with van der Waals surface area (Å²) in [6.07, 6.45) is 0. The lowest BCUT2D eigenvalue weighted by molar-refractivity contribution is -0.136. The number of hydrogen-bond acceptors (Lipinski definition) is 6. The minimum Gasteiger partial charge on any atom is -0.494 e. The highest BCUT2D eigenvalue weighted by Gasteiger charge is 2.37. The Morgan fingerprint density at radius 3 is 2.50 bits per heavy atom. The average molecular weight is 427 g/mol. The van der Waals surface area contributed by atoms with Gasteiger partial charge in [0.2, 0.25) is 5.91 Å². The van der Waals surface area contributed by atoms with Crippen molar-refractivity contribution in [3.05, 3.63) is 48.3 Å². The molecular formula is C22H23FN4O2S. The van der Waals surface area contributed by atoms with Crippen molar-refractivity contribution in [1.82, 2.24) is 9.88 Å². The summed E-state index contributed by atoms with van der Waals surface area (Å²) < 4.78 is 19.6. The van der Waals surface area contributed by atoms with Crippen LogP contribution in [0, 0.1) is 11.7 Å². The number of amides is 1. The van der Waals surface area contributed by atoms with Crippen molar-refractivity contribution < 1.29 is 13.9 Å². The fourth-order valence-corrected chi connectivity index (χ4v) is 5.10. The molecule has 2 aliphatic heterocycles. The quantitative estimate of drug-likeness (QED) is 0.641. The van der Waals surface area contributed by atoms with Gasteiger partial charge in [-0.3, -0.25) is 4.79 Å². The van der Waals surface area contributed by atoms with Crippen LogP contribution in [0.25, 0.3) is 10.2 Å². The van der Waals surface area contributed by atoms with Gasteiger partial charge < -0.3 is 19.4 Å². The first kappa shape index (κ1) is 19.1. The number of methoxy groups -OCH3 is 1. The average Bonchev–Trinajstić information content (AvgIpc) is 3.17. The van der Waals surface area contributed by atoms with E-state index in [1.165, 1.54) is 12.1 Å². The maximum atomic E-state index is 13.1. The molecule has 0 radical (unpaired) electrons. The zero-order valence-corrected chi connectivity index (χ0v) is 17.6. The molecule has 3 heterocycles. The summed E-state index contributed by atoms with van der Waals surface area (Å²) >= 11 is 1.64. The van der Waals surface area contributed by atoms with Crippen LogP contribution in [0.3, 0.4) is 0 Å². The summed E-state index contributed by atoms with van der Waals surface area (Å²) in [6, 6.07) is 12.5. The number of para-hydroxylation sites is 1. The van der Waals surface area contributed by atoms with Crippen molar-refractivity contribution in [1.29, 1.82) is 0 Å². The third kappa shape index (κ3) is 3.45. The van der Waals surface area contributed by atoms with Gasteiger partial charge >= 0.3 is 0 Å². The summed E-state index contributed by atoms with van der Waals surface area (Å²) in [4.78, 5) is 24.0. The smallest absolute Gasteiger partial charge is 0.229 e. The van der Waals surface area contributed by atoms with Crippen LogP contribution in [-0.2, 0) is 4.79 Å². The largest absolute Gasteiger partial charge is 0.494 e. The third-order valence-corrected chi connectivity index (χ3v) is 6.96. The monoisotopic (exact) mass is 426 g/mol. The first-order valence-corrected chi connectivity index (χ1v) is 10.9. The lowest BCUT2D eigenvalue weighted by Gasteiger charge is -2.43. The Labute approximate surface area is 178 Å². The highest BCUT2D eigenvalue weighted by molar-refractivity contribution is 7.22.